The Morgan fingerprint density at radius 1 is 1.24 bits per heavy atom. The summed E-state index contributed by atoms with van der Waals surface area (Å²) in [5.74, 6) is 1.06. The summed E-state index contributed by atoms with van der Waals surface area (Å²) >= 11 is 1.76. The molecule has 0 unspecified atom stereocenters. The van der Waals surface area contributed by atoms with E-state index in [4.69, 9.17) is 0 Å². The van der Waals surface area contributed by atoms with Crippen LogP contribution in [-0.2, 0) is 0 Å². The molecule has 4 heteroatoms. The molecule has 0 amide bonds. The second kappa shape index (κ2) is 6.05. The zero-order valence-corrected chi connectivity index (χ0v) is 11.4. The zero-order valence-electron chi connectivity index (χ0n) is 10.6. The molecule has 0 aromatic heterocycles. The predicted molar refractivity (Wildman–Crippen MR) is 72.5 cm³/mol. The topological polar surface area (TPSA) is 43.1 Å². The van der Waals surface area contributed by atoms with Gasteiger partial charge in [0.2, 0.25) is 0 Å². The van der Waals surface area contributed by atoms with Gasteiger partial charge in [0.15, 0.2) is 0 Å². The first kappa shape index (κ1) is 14.0. The van der Waals surface area contributed by atoms with E-state index in [1.54, 1.807) is 23.9 Å². The summed E-state index contributed by atoms with van der Waals surface area (Å²) < 4.78 is 0. The maximum absolute atomic E-state index is 10.5. The Balaban J connectivity index is 2.35. The second-order valence-electron chi connectivity index (χ2n) is 5.26. The quantitative estimate of drug-likeness (QED) is 0.335. The molecule has 0 aliphatic carbocycles. The summed E-state index contributed by atoms with van der Waals surface area (Å²) in [6.45, 7) is 6.72. The number of nitrogens with zero attached hydrogens (tertiary/aromatic N) is 1. The van der Waals surface area contributed by atoms with Crippen molar-refractivity contribution >= 4 is 17.4 Å². The highest BCUT2D eigenvalue weighted by Gasteiger charge is 2.09. The van der Waals surface area contributed by atoms with Crippen LogP contribution in [0.5, 0.6) is 0 Å². The Morgan fingerprint density at radius 2 is 1.82 bits per heavy atom. The van der Waals surface area contributed by atoms with E-state index in [1.807, 2.05) is 12.1 Å². The molecule has 0 saturated heterocycles. The smallest absolute Gasteiger partial charge is 0.258 e. The van der Waals surface area contributed by atoms with Crippen LogP contribution in [0.15, 0.2) is 29.2 Å². The van der Waals surface area contributed by atoms with Crippen molar-refractivity contribution in [2.45, 2.75) is 38.5 Å². The third-order valence-corrected chi connectivity index (χ3v) is 3.49. The van der Waals surface area contributed by atoms with Crippen molar-refractivity contribution in [3.05, 3.63) is 34.4 Å². The second-order valence-corrected chi connectivity index (χ2v) is 6.43. The summed E-state index contributed by atoms with van der Waals surface area (Å²) in [5, 5.41) is 10.5. The van der Waals surface area contributed by atoms with Crippen LogP contribution >= 0.6 is 11.8 Å². The predicted octanol–water partition coefficient (Wildman–Crippen LogP) is 4.51. The summed E-state index contributed by atoms with van der Waals surface area (Å²) in [6, 6.07) is 6.76. The number of hydrogen-bond donors (Lipinski definition) is 0. The van der Waals surface area contributed by atoms with Gasteiger partial charge in [0.25, 0.3) is 5.69 Å². The van der Waals surface area contributed by atoms with Gasteiger partial charge in [-0.05, 0) is 36.1 Å². The Bertz CT molecular complexity index is 368. The third-order valence-electron chi connectivity index (χ3n) is 2.39. The molecule has 1 rings (SSSR count). The minimum absolute atomic E-state index is 0.157. The van der Waals surface area contributed by atoms with Gasteiger partial charge in [0.05, 0.1) is 4.92 Å². The summed E-state index contributed by atoms with van der Waals surface area (Å²) in [7, 11) is 0. The normalized spacial score (nSPS) is 11.5. The van der Waals surface area contributed by atoms with E-state index >= 15 is 0 Å². The molecule has 17 heavy (non-hydrogen) atoms. The van der Waals surface area contributed by atoms with Crippen molar-refractivity contribution < 1.29 is 4.92 Å². The van der Waals surface area contributed by atoms with Crippen LogP contribution in [0.3, 0.4) is 0 Å². The largest absolute Gasteiger partial charge is 0.269 e. The van der Waals surface area contributed by atoms with Gasteiger partial charge in [-0.25, -0.2) is 0 Å². The molecular formula is C13H19NO2S. The zero-order chi connectivity index (χ0) is 12.9. The van der Waals surface area contributed by atoms with E-state index in [1.165, 1.54) is 12.8 Å². The van der Waals surface area contributed by atoms with Crippen LogP contribution in [0.4, 0.5) is 5.69 Å². The van der Waals surface area contributed by atoms with Crippen molar-refractivity contribution in [1.82, 2.24) is 0 Å². The van der Waals surface area contributed by atoms with Crippen molar-refractivity contribution in [3.8, 4) is 0 Å². The van der Waals surface area contributed by atoms with Crippen LogP contribution < -0.4 is 0 Å². The monoisotopic (exact) mass is 253 g/mol. The molecule has 0 spiro atoms. The number of rotatable bonds is 5. The van der Waals surface area contributed by atoms with E-state index in [-0.39, 0.29) is 10.6 Å². The number of nitro benzene ring substituents is 1. The van der Waals surface area contributed by atoms with Crippen LogP contribution in [0.2, 0.25) is 0 Å². The maximum Gasteiger partial charge on any atom is 0.269 e. The molecule has 0 radical (unpaired) electrons. The number of thioether (sulfide) groups is 1. The Labute approximate surface area is 107 Å². The molecule has 0 heterocycles. The number of hydrogen-bond acceptors (Lipinski definition) is 3. The Kier molecular flexibility index (Phi) is 5.00. The van der Waals surface area contributed by atoms with Crippen LogP contribution in [0, 0.1) is 15.5 Å². The molecule has 0 saturated carbocycles. The molecular weight excluding hydrogens is 234 g/mol. The minimum Gasteiger partial charge on any atom is -0.258 e. The highest BCUT2D eigenvalue weighted by Crippen LogP contribution is 2.26. The van der Waals surface area contributed by atoms with Crippen molar-refractivity contribution in [3.63, 3.8) is 0 Å². The SMILES string of the molecule is CC(C)(C)CCCSc1ccc([N+](=O)[O-])cc1. The van der Waals surface area contributed by atoms with Gasteiger partial charge in [0.1, 0.15) is 0 Å². The fourth-order valence-electron chi connectivity index (χ4n) is 1.46. The van der Waals surface area contributed by atoms with Crippen molar-refractivity contribution in [2.24, 2.45) is 5.41 Å². The first-order valence-corrected chi connectivity index (χ1v) is 6.74. The minimum atomic E-state index is -0.367. The van der Waals surface area contributed by atoms with Gasteiger partial charge >= 0.3 is 0 Å². The molecule has 0 aliphatic heterocycles. The molecule has 0 N–H and O–H groups in total. The number of non-ortho nitro benzene ring substituents is 1. The average Bonchev–Trinajstić information content (AvgIpc) is 2.24. The Hall–Kier alpha value is -1.03. The molecule has 0 bridgehead atoms. The van der Waals surface area contributed by atoms with E-state index in [2.05, 4.69) is 20.8 Å². The lowest BCUT2D eigenvalue weighted by Crippen LogP contribution is -2.04. The van der Waals surface area contributed by atoms with Crippen LogP contribution in [0.1, 0.15) is 33.6 Å². The van der Waals surface area contributed by atoms with Gasteiger partial charge in [-0.15, -0.1) is 11.8 Å². The standard InChI is InChI=1S/C13H19NO2S/c1-13(2,3)9-4-10-17-12-7-5-11(6-8-12)14(15)16/h5-8H,4,9-10H2,1-3H3. The van der Waals surface area contributed by atoms with Gasteiger partial charge in [-0.1, -0.05) is 20.8 Å². The fourth-order valence-corrected chi connectivity index (χ4v) is 2.31. The Morgan fingerprint density at radius 3 is 2.29 bits per heavy atom. The van der Waals surface area contributed by atoms with E-state index in [9.17, 15) is 10.1 Å². The van der Waals surface area contributed by atoms with E-state index in [0.29, 0.717) is 5.41 Å². The van der Waals surface area contributed by atoms with Gasteiger partial charge in [-0.2, -0.15) is 0 Å². The van der Waals surface area contributed by atoms with Crippen LogP contribution in [0.25, 0.3) is 0 Å². The average molecular weight is 253 g/mol. The van der Waals surface area contributed by atoms with Gasteiger partial charge < -0.3 is 0 Å². The lowest BCUT2D eigenvalue weighted by Gasteiger charge is -2.17. The summed E-state index contributed by atoms with van der Waals surface area (Å²) in [5.41, 5.74) is 0.541. The molecule has 0 aliphatic rings. The third kappa shape index (κ3) is 5.73. The molecule has 1 aromatic carbocycles. The number of benzene rings is 1. The van der Waals surface area contributed by atoms with E-state index in [0.717, 1.165) is 10.6 Å². The number of nitro groups is 1. The summed E-state index contributed by atoms with van der Waals surface area (Å²) in [4.78, 5) is 11.2. The van der Waals surface area contributed by atoms with Crippen molar-refractivity contribution in [1.29, 1.82) is 0 Å². The lowest BCUT2D eigenvalue weighted by atomic mass is 9.91. The van der Waals surface area contributed by atoms with Crippen LogP contribution in [-0.4, -0.2) is 10.7 Å². The first-order chi connectivity index (χ1) is 7.88. The molecule has 0 atom stereocenters. The molecule has 3 nitrogen and oxygen atoms in total. The van der Waals surface area contributed by atoms with Crippen molar-refractivity contribution in [2.75, 3.05) is 5.75 Å². The lowest BCUT2D eigenvalue weighted by molar-refractivity contribution is -0.384. The highest BCUT2D eigenvalue weighted by atomic mass is 32.2. The fraction of sp³-hybridized carbons (Fsp3) is 0.538. The maximum atomic E-state index is 10.5. The molecule has 0 fully saturated rings. The van der Waals surface area contributed by atoms with E-state index < -0.39 is 0 Å². The van der Waals surface area contributed by atoms with Gasteiger partial charge in [-0.3, -0.25) is 10.1 Å². The molecule has 1 aromatic rings. The first-order valence-electron chi connectivity index (χ1n) is 5.76. The highest BCUT2D eigenvalue weighted by molar-refractivity contribution is 7.99. The molecule has 94 valence electrons. The van der Waals surface area contributed by atoms with Gasteiger partial charge in [0, 0.05) is 17.0 Å². The summed E-state index contributed by atoms with van der Waals surface area (Å²) in [6.07, 6.45) is 2.37.